The summed E-state index contributed by atoms with van der Waals surface area (Å²) in [6.07, 6.45) is 0. The van der Waals surface area contributed by atoms with Gasteiger partial charge in [-0.15, -0.1) is 0 Å². The molecule has 2 aromatic carbocycles. The molecule has 3 N–H and O–H groups in total. The Morgan fingerprint density at radius 2 is 1.84 bits per heavy atom. The highest BCUT2D eigenvalue weighted by Gasteiger charge is 2.11. The SMILES string of the molecule is Cc1ccc(Nc2ccc(N)c3nonc23)c(Cl)c1. The molecule has 5 nitrogen and oxygen atoms in total. The van der Waals surface area contributed by atoms with E-state index in [9.17, 15) is 0 Å². The van der Waals surface area contributed by atoms with Crippen LogP contribution in [0.25, 0.3) is 11.0 Å². The van der Waals surface area contributed by atoms with Crippen molar-refractivity contribution in [3.8, 4) is 0 Å². The van der Waals surface area contributed by atoms with Gasteiger partial charge in [0.15, 0.2) is 11.0 Å². The molecule has 1 aromatic heterocycles. The molecule has 0 aliphatic carbocycles. The first-order chi connectivity index (χ1) is 9.15. The average Bonchev–Trinajstić information content (AvgIpc) is 2.86. The molecule has 96 valence electrons. The van der Waals surface area contributed by atoms with Crippen molar-refractivity contribution in [2.24, 2.45) is 0 Å². The molecule has 0 saturated carbocycles. The van der Waals surface area contributed by atoms with Gasteiger partial charge >= 0.3 is 0 Å². The van der Waals surface area contributed by atoms with Crippen LogP contribution in [-0.4, -0.2) is 10.3 Å². The van der Waals surface area contributed by atoms with E-state index in [1.54, 1.807) is 6.07 Å². The van der Waals surface area contributed by atoms with E-state index in [0.29, 0.717) is 21.7 Å². The lowest BCUT2D eigenvalue weighted by molar-refractivity contribution is 0.316. The average molecular weight is 275 g/mol. The minimum Gasteiger partial charge on any atom is -0.397 e. The zero-order valence-corrected chi connectivity index (χ0v) is 10.9. The molecule has 3 rings (SSSR count). The predicted octanol–water partition coefficient (Wildman–Crippen LogP) is 3.51. The van der Waals surface area contributed by atoms with Gasteiger partial charge in [-0.2, -0.15) is 0 Å². The maximum absolute atomic E-state index is 6.19. The third kappa shape index (κ3) is 2.08. The fraction of sp³-hybridized carbons (Fsp3) is 0.0769. The highest BCUT2D eigenvalue weighted by molar-refractivity contribution is 6.33. The fourth-order valence-electron chi connectivity index (χ4n) is 1.85. The van der Waals surface area contributed by atoms with Crippen molar-refractivity contribution >= 4 is 39.7 Å². The van der Waals surface area contributed by atoms with E-state index in [2.05, 4.69) is 15.6 Å². The summed E-state index contributed by atoms with van der Waals surface area (Å²) in [4.78, 5) is 0. The van der Waals surface area contributed by atoms with Gasteiger partial charge in [-0.05, 0) is 47.1 Å². The number of aromatic nitrogens is 2. The monoisotopic (exact) mass is 274 g/mol. The molecule has 0 bridgehead atoms. The minimum absolute atomic E-state index is 0.525. The maximum Gasteiger partial charge on any atom is 0.160 e. The lowest BCUT2D eigenvalue weighted by Gasteiger charge is -2.09. The summed E-state index contributed by atoms with van der Waals surface area (Å²) in [5.74, 6) is 0. The highest BCUT2D eigenvalue weighted by Crippen LogP contribution is 2.31. The first-order valence-corrected chi connectivity index (χ1v) is 6.07. The van der Waals surface area contributed by atoms with Gasteiger partial charge in [0.1, 0.15) is 0 Å². The second-order valence-corrected chi connectivity index (χ2v) is 4.68. The van der Waals surface area contributed by atoms with Crippen LogP contribution in [-0.2, 0) is 0 Å². The normalized spacial score (nSPS) is 10.8. The Morgan fingerprint density at radius 3 is 2.63 bits per heavy atom. The summed E-state index contributed by atoms with van der Waals surface area (Å²) >= 11 is 6.19. The first kappa shape index (κ1) is 11.8. The lowest BCUT2D eigenvalue weighted by Crippen LogP contribution is -1.95. The molecule has 0 atom stereocenters. The third-order valence-corrected chi connectivity index (χ3v) is 3.15. The minimum atomic E-state index is 0.525. The van der Waals surface area contributed by atoms with Gasteiger partial charge in [0.05, 0.1) is 22.1 Å². The Morgan fingerprint density at radius 1 is 1.11 bits per heavy atom. The Kier molecular flexibility index (Phi) is 2.76. The van der Waals surface area contributed by atoms with Gasteiger partial charge in [0.25, 0.3) is 0 Å². The Hall–Kier alpha value is -2.27. The fourth-order valence-corrected chi connectivity index (χ4v) is 2.14. The number of benzene rings is 2. The van der Waals surface area contributed by atoms with Crippen LogP contribution in [0.15, 0.2) is 35.0 Å². The molecule has 19 heavy (non-hydrogen) atoms. The number of anilines is 3. The van der Waals surface area contributed by atoms with Crippen LogP contribution in [0, 0.1) is 6.92 Å². The number of rotatable bonds is 2. The second-order valence-electron chi connectivity index (χ2n) is 4.27. The van der Waals surface area contributed by atoms with Crippen molar-refractivity contribution in [3.63, 3.8) is 0 Å². The quantitative estimate of drug-likeness (QED) is 0.699. The number of fused-ring (bicyclic) bond motifs is 1. The summed E-state index contributed by atoms with van der Waals surface area (Å²) in [7, 11) is 0. The van der Waals surface area contributed by atoms with E-state index >= 15 is 0 Å². The number of nitrogens with two attached hydrogens (primary N) is 1. The van der Waals surface area contributed by atoms with Crippen molar-refractivity contribution in [3.05, 3.63) is 40.9 Å². The molecule has 0 aliphatic rings. The topological polar surface area (TPSA) is 77.0 Å². The molecular formula is C13H11ClN4O. The van der Waals surface area contributed by atoms with Crippen LogP contribution in [0.1, 0.15) is 5.56 Å². The van der Waals surface area contributed by atoms with Crippen molar-refractivity contribution in [2.45, 2.75) is 6.92 Å². The Balaban J connectivity index is 2.06. The molecule has 0 aliphatic heterocycles. The molecule has 0 unspecified atom stereocenters. The lowest BCUT2D eigenvalue weighted by atomic mass is 10.2. The van der Waals surface area contributed by atoms with Crippen LogP contribution >= 0.6 is 11.6 Å². The van der Waals surface area contributed by atoms with Gasteiger partial charge in [0.2, 0.25) is 0 Å². The molecule has 0 amide bonds. The smallest absolute Gasteiger partial charge is 0.160 e. The standard InChI is InChI=1S/C13H11ClN4O/c1-7-2-4-10(8(14)6-7)16-11-5-3-9(15)12-13(11)18-19-17-12/h2-6,16H,15H2,1H3. The van der Waals surface area contributed by atoms with Gasteiger partial charge < -0.3 is 11.1 Å². The van der Waals surface area contributed by atoms with Gasteiger partial charge in [-0.25, -0.2) is 4.63 Å². The van der Waals surface area contributed by atoms with E-state index < -0.39 is 0 Å². The number of nitrogens with one attached hydrogen (secondary N) is 1. The Bertz CT molecular complexity index is 753. The zero-order valence-electron chi connectivity index (χ0n) is 10.1. The van der Waals surface area contributed by atoms with Crippen LogP contribution in [0.3, 0.4) is 0 Å². The van der Waals surface area contributed by atoms with Gasteiger partial charge in [0, 0.05) is 0 Å². The summed E-state index contributed by atoms with van der Waals surface area (Å²) < 4.78 is 4.72. The largest absolute Gasteiger partial charge is 0.397 e. The van der Waals surface area contributed by atoms with Gasteiger partial charge in [-0.1, -0.05) is 17.7 Å². The molecule has 0 fully saturated rings. The van der Waals surface area contributed by atoms with Crippen LogP contribution < -0.4 is 11.1 Å². The van der Waals surface area contributed by atoms with E-state index in [0.717, 1.165) is 16.9 Å². The Labute approximate surface area is 114 Å². The number of nitrogens with zero attached hydrogens (tertiary/aromatic N) is 2. The summed E-state index contributed by atoms with van der Waals surface area (Å²) in [6, 6.07) is 9.34. The number of nitrogen functional groups attached to an aromatic ring is 1. The molecule has 6 heteroatoms. The zero-order chi connectivity index (χ0) is 13.4. The molecule has 0 saturated heterocycles. The van der Waals surface area contributed by atoms with E-state index in [-0.39, 0.29) is 0 Å². The number of hydrogen-bond acceptors (Lipinski definition) is 5. The number of halogens is 1. The molecular weight excluding hydrogens is 264 g/mol. The number of hydrogen-bond donors (Lipinski definition) is 2. The van der Waals surface area contributed by atoms with Crippen molar-refractivity contribution in [2.75, 3.05) is 11.1 Å². The molecule has 0 spiro atoms. The molecule has 0 radical (unpaired) electrons. The highest BCUT2D eigenvalue weighted by atomic mass is 35.5. The van der Waals surface area contributed by atoms with E-state index in [1.165, 1.54) is 0 Å². The van der Waals surface area contributed by atoms with Crippen molar-refractivity contribution in [1.29, 1.82) is 0 Å². The number of aryl methyl sites for hydroxylation is 1. The predicted molar refractivity (Wildman–Crippen MR) is 75.7 cm³/mol. The molecule has 3 aromatic rings. The van der Waals surface area contributed by atoms with E-state index in [1.807, 2.05) is 31.2 Å². The van der Waals surface area contributed by atoms with Crippen molar-refractivity contribution < 1.29 is 4.63 Å². The summed E-state index contributed by atoms with van der Waals surface area (Å²) in [5.41, 5.74) is 10.1. The third-order valence-electron chi connectivity index (χ3n) is 2.84. The first-order valence-electron chi connectivity index (χ1n) is 5.69. The summed E-state index contributed by atoms with van der Waals surface area (Å²) in [5, 5.41) is 11.5. The van der Waals surface area contributed by atoms with Crippen LogP contribution in [0.5, 0.6) is 0 Å². The maximum atomic E-state index is 6.19. The summed E-state index contributed by atoms with van der Waals surface area (Å²) in [6.45, 7) is 1.98. The van der Waals surface area contributed by atoms with Crippen LogP contribution in [0.2, 0.25) is 5.02 Å². The molecule has 1 heterocycles. The van der Waals surface area contributed by atoms with E-state index in [4.69, 9.17) is 22.0 Å². The second kappa shape index (κ2) is 4.44. The van der Waals surface area contributed by atoms with Crippen LogP contribution in [0.4, 0.5) is 17.1 Å². The van der Waals surface area contributed by atoms with Crippen molar-refractivity contribution in [1.82, 2.24) is 10.3 Å². The van der Waals surface area contributed by atoms with Gasteiger partial charge in [-0.3, -0.25) is 0 Å².